The van der Waals surface area contributed by atoms with Crippen molar-refractivity contribution in [1.29, 1.82) is 0 Å². The highest BCUT2D eigenvalue weighted by Gasteiger charge is 2.06. The van der Waals surface area contributed by atoms with Gasteiger partial charge in [0.05, 0.1) is 17.1 Å². The van der Waals surface area contributed by atoms with Gasteiger partial charge in [-0.1, -0.05) is 35.3 Å². The monoisotopic (exact) mass is 340 g/mol. The second-order valence-electron chi connectivity index (χ2n) is 4.40. The molecule has 0 fully saturated rings. The summed E-state index contributed by atoms with van der Waals surface area (Å²) in [4.78, 5) is 11.9. The molecule has 2 aromatic carbocycles. The number of carbonyl (C=O) groups excluding carboxylic acids is 1. The first kappa shape index (κ1) is 16.0. The Morgan fingerprint density at radius 3 is 2.43 bits per heavy atom. The van der Waals surface area contributed by atoms with Crippen molar-refractivity contribution in [3.8, 4) is 0 Å². The minimum absolute atomic E-state index is 0.0945. The first-order chi connectivity index (χ1) is 10.0. The molecule has 0 aliphatic carbocycles. The molecule has 3 N–H and O–H groups in total. The van der Waals surface area contributed by atoms with Gasteiger partial charge in [-0.25, -0.2) is 0 Å². The average Bonchev–Trinajstić information content (AvgIpc) is 2.44. The van der Waals surface area contributed by atoms with Crippen LogP contribution in [0.2, 0.25) is 10.0 Å². The van der Waals surface area contributed by atoms with E-state index in [1.54, 1.807) is 18.2 Å². The molecule has 0 spiro atoms. The number of anilines is 2. The molecule has 0 heterocycles. The molecule has 3 nitrogen and oxygen atoms in total. The number of amides is 1. The molecule has 6 heteroatoms. The standard InChI is InChI=1S/C15H14Cl2N2OS/c16-11-3-1-10(2-4-11)8-21-9-15(20)19-14-6-5-12(17)7-13(14)18/h1-7H,8-9,18H2,(H,19,20). The Hall–Kier alpha value is -1.36. The zero-order valence-corrected chi connectivity index (χ0v) is 13.4. The third-order valence-corrected chi connectivity index (χ3v) is 4.19. The van der Waals surface area contributed by atoms with Crippen molar-refractivity contribution in [3.05, 3.63) is 58.1 Å². The van der Waals surface area contributed by atoms with Crippen LogP contribution in [0.5, 0.6) is 0 Å². The molecule has 0 aliphatic rings. The molecule has 0 saturated heterocycles. The van der Waals surface area contributed by atoms with Gasteiger partial charge in [0.15, 0.2) is 0 Å². The van der Waals surface area contributed by atoms with Crippen LogP contribution in [-0.2, 0) is 10.5 Å². The molecule has 0 unspecified atom stereocenters. The Balaban J connectivity index is 1.81. The van der Waals surface area contributed by atoms with E-state index >= 15 is 0 Å². The second-order valence-corrected chi connectivity index (χ2v) is 6.26. The Morgan fingerprint density at radius 2 is 1.76 bits per heavy atom. The first-order valence-electron chi connectivity index (χ1n) is 6.21. The summed E-state index contributed by atoms with van der Waals surface area (Å²) in [5.74, 6) is 1.01. The number of halogens is 2. The van der Waals surface area contributed by atoms with Crippen LogP contribution in [0.3, 0.4) is 0 Å². The number of nitrogens with two attached hydrogens (primary N) is 1. The smallest absolute Gasteiger partial charge is 0.234 e. The van der Waals surface area contributed by atoms with Crippen LogP contribution in [0.15, 0.2) is 42.5 Å². The SMILES string of the molecule is Nc1cc(Cl)ccc1NC(=O)CSCc1ccc(Cl)cc1. The third kappa shape index (κ3) is 5.16. The summed E-state index contributed by atoms with van der Waals surface area (Å²) >= 11 is 13.2. The lowest BCUT2D eigenvalue weighted by Crippen LogP contribution is -2.15. The van der Waals surface area contributed by atoms with Crippen molar-refractivity contribution in [2.75, 3.05) is 16.8 Å². The normalized spacial score (nSPS) is 10.4. The van der Waals surface area contributed by atoms with E-state index in [2.05, 4.69) is 5.32 Å². The van der Waals surface area contributed by atoms with E-state index in [0.29, 0.717) is 27.2 Å². The van der Waals surface area contributed by atoms with E-state index < -0.39 is 0 Å². The molecule has 2 rings (SSSR count). The van der Waals surface area contributed by atoms with Gasteiger partial charge in [0, 0.05) is 15.8 Å². The van der Waals surface area contributed by atoms with Crippen LogP contribution in [0.25, 0.3) is 0 Å². The van der Waals surface area contributed by atoms with E-state index in [9.17, 15) is 4.79 Å². The highest BCUT2D eigenvalue weighted by molar-refractivity contribution is 7.99. The molecule has 0 aromatic heterocycles. The maximum Gasteiger partial charge on any atom is 0.234 e. The van der Waals surface area contributed by atoms with Gasteiger partial charge < -0.3 is 11.1 Å². The van der Waals surface area contributed by atoms with Crippen molar-refractivity contribution >= 4 is 52.2 Å². The van der Waals surface area contributed by atoms with Gasteiger partial charge in [0.2, 0.25) is 5.91 Å². The lowest BCUT2D eigenvalue weighted by Gasteiger charge is -2.08. The van der Waals surface area contributed by atoms with Gasteiger partial charge in [0.1, 0.15) is 0 Å². The summed E-state index contributed by atoms with van der Waals surface area (Å²) in [7, 11) is 0. The largest absolute Gasteiger partial charge is 0.397 e. The lowest BCUT2D eigenvalue weighted by atomic mass is 10.2. The van der Waals surface area contributed by atoms with Crippen molar-refractivity contribution < 1.29 is 4.79 Å². The van der Waals surface area contributed by atoms with Crippen LogP contribution < -0.4 is 11.1 Å². The minimum atomic E-state index is -0.0945. The van der Waals surface area contributed by atoms with Gasteiger partial charge in [-0.05, 0) is 35.9 Å². The van der Waals surface area contributed by atoms with E-state index in [1.165, 1.54) is 11.8 Å². The molecule has 21 heavy (non-hydrogen) atoms. The lowest BCUT2D eigenvalue weighted by molar-refractivity contribution is -0.113. The van der Waals surface area contributed by atoms with Crippen molar-refractivity contribution in [1.82, 2.24) is 0 Å². The molecule has 1 amide bonds. The van der Waals surface area contributed by atoms with Gasteiger partial charge >= 0.3 is 0 Å². The quantitative estimate of drug-likeness (QED) is 0.790. The number of carbonyl (C=O) groups is 1. The summed E-state index contributed by atoms with van der Waals surface area (Å²) in [5.41, 5.74) is 7.95. The average molecular weight is 341 g/mol. The first-order valence-corrected chi connectivity index (χ1v) is 8.13. The minimum Gasteiger partial charge on any atom is -0.397 e. The highest BCUT2D eigenvalue weighted by Crippen LogP contribution is 2.23. The topological polar surface area (TPSA) is 55.1 Å². The molecular weight excluding hydrogens is 327 g/mol. The number of benzene rings is 2. The molecule has 0 aliphatic heterocycles. The number of hydrogen-bond donors (Lipinski definition) is 2. The summed E-state index contributed by atoms with van der Waals surface area (Å²) in [5, 5.41) is 4.02. The molecule has 0 saturated carbocycles. The molecule has 0 bridgehead atoms. The third-order valence-electron chi connectivity index (χ3n) is 2.70. The maximum atomic E-state index is 11.9. The summed E-state index contributed by atoms with van der Waals surface area (Å²) < 4.78 is 0. The van der Waals surface area contributed by atoms with Crippen LogP contribution >= 0.6 is 35.0 Å². The fourth-order valence-corrected chi connectivity index (χ4v) is 2.77. The van der Waals surface area contributed by atoms with Gasteiger partial charge in [0.25, 0.3) is 0 Å². The van der Waals surface area contributed by atoms with Crippen molar-refractivity contribution in [3.63, 3.8) is 0 Å². The molecule has 110 valence electrons. The van der Waals surface area contributed by atoms with Crippen LogP contribution in [0, 0.1) is 0 Å². The molecular formula is C15H14Cl2N2OS. The zero-order chi connectivity index (χ0) is 15.2. The Bertz CT molecular complexity index is 632. The second kappa shape index (κ2) is 7.59. The maximum absolute atomic E-state index is 11.9. The summed E-state index contributed by atoms with van der Waals surface area (Å²) in [6.45, 7) is 0. The van der Waals surface area contributed by atoms with E-state index in [4.69, 9.17) is 28.9 Å². The van der Waals surface area contributed by atoms with Crippen LogP contribution in [0.4, 0.5) is 11.4 Å². The molecule has 0 atom stereocenters. The van der Waals surface area contributed by atoms with E-state index in [1.807, 2.05) is 24.3 Å². The zero-order valence-electron chi connectivity index (χ0n) is 11.1. The van der Waals surface area contributed by atoms with Crippen LogP contribution in [-0.4, -0.2) is 11.7 Å². The number of nitrogens with one attached hydrogen (secondary N) is 1. The fraction of sp³-hybridized carbons (Fsp3) is 0.133. The fourth-order valence-electron chi connectivity index (χ4n) is 1.68. The predicted octanol–water partition coefficient (Wildman–Crippen LogP) is 4.45. The van der Waals surface area contributed by atoms with E-state index in [-0.39, 0.29) is 5.91 Å². The number of hydrogen-bond acceptors (Lipinski definition) is 3. The summed E-state index contributed by atoms with van der Waals surface area (Å²) in [6.07, 6.45) is 0. The van der Waals surface area contributed by atoms with Crippen molar-refractivity contribution in [2.45, 2.75) is 5.75 Å². The number of nitrogen functional groups attached to an aromatic ring is 1. The van der Waals surface area contributed by atoms with Crippen LogP contribution in [0.1, 0.15) is 5.56 Å². The van der Waals surface area contributed by atoms with Gasteiger partial charge in [-0.3, -0.25) is 4.79 Å². The number of rotatable bonds is 5. The Morgan fingerprint density at radius 1 is 1.10 bits per heavy atom. The Labute approximate surface area is 137 Å². The van der Waals surface area contributed by atoms with Gasteiger partial charge in [-0.15, -0.1) is 11.8 Å². The van der Waals surface area contributed by atoms with Gasteiger partial charge in [-0.2, -0.15) is 0 Å². The predicted molar refractivity (Wildman–Crippen MR) is 92.1 cm³/mol. The highest BCUT2D eigenvalue weighted by atomic mass is 35.5. The molecule has 2 aromatic rings. The van der Waals surface area contributed by atoms with E-state index in [0.717, 1.165) is 11.3 Å². The summed E-state index contributed by atoms with van der Waals surface area (Å²) in [6, 6.07) is 12.6. The number of thioether (sulfide) groups is 1. The molecule has 0 radical (unpaired) electrons. The van der Waals surface area contributed by atoms with Crippen molar-refractivity contribution in [2.24, 2.45) is 0 Å². The Kier molecular flexibility index (Phi) is 5.79.